The molecule has 2 bridgehead atoms. The first-order valence-electron chi connectivity index (χ1n) is 6.67. The van der Waals surface area contributed by atoms with Crippen molar-refractivity contribution in [1.82, 2.24) is 15.6 Å². The molecule has 5 heteroatoms. The van der Waals surface area contributed by atoms with Crippen LogP contribution in [0.2, 0.25) is 0 Å². The van der Waals surface area contributed by atoms with Gasteiger partial charge in [0.25, 0.3) is 5.91 Å². The highest BCUT2D eigenvalue weighted by Crippen LogP contribution is 2.32. The van der Waals surface area contributed by atoms with Crippen molar-refractivity contribution in [2.45, 2.75) is 24.9 Å². The van der Waals surface area contributed by atoms with E-state index in [1.165, 1.54) is 17.8 Å². The molecule has 4 rings (SSSR count). The van der Waals surface area contributed by atoms with E-state index in [0.29, 0.717) is 12.1 Å². The summed E-state index contributed by atoms with van der Waals surface area (Å²) in [6, 6.07) is 4.68. The van der Waals surface area contributed by atoms with Crippen molar-refractivity contribution in [1.29, 1.82) is 0 Å². The number of amides is 1. The van der Waals surface area contributed by atoms with Crippen molar-refractivity contribution in [2.75, 3.05) is 6.54 Å². The van der Waals surface area contributed by atoms with Crippen molar-refractivity contribution in [3.63, 3.8) is 0 Å². The van der Waals surface area contributed by atoms with Gasteiger partial charge in [-0.05, 0) is 42.8 Å². The van der Waals surface area contributed by atoms with Gasteiger partial charge in [-0.2, -0.15) is 0 Å². The Labute approximate surface area is 115 Å². The average molecular weight is 273 g/mol. The van der Waals surface area contributed by atoms with E-state index in [1.54, 1.807) is 6.20 Å². The Hall–Kier alpha value is -1.46. The fraction of sp³-hybridized carbons (Fsp3) is 0.429. The maximum absolute atomic E-state index is 12.3. The number of fused-ring (bicyclic) bond motifs is 3. The summed E-state index contributed by atoms with van der Waals surface area (Å²) >= 11 is 1.51. The Morgan fingerprint density at radius 3 is 3.16 bits per heavy atom. The monoisotopic (exact) mass is 273 g/mol. The predicted molar refractivity (Wildman–Crippen MR) is 75.4 cm³/mol. The molecule has 0 radical (unpaired) electrons. The smallest absolute Gasteiger partial charge is 0.261 e. The molecule has 0 spiro atoms. The van der Waals surface area contributed by atoms with E-state index in [4.69, 9.17) is 0 Å². The van der Waals surface area contributed by atoms with Crippen LogP contribution in [-0.4, -0.2) is 29.5 Å². The topological polar surface area (TPSA) is 54.0 Å². The van der Waals surface area contributed by atoms with Crippen LogP contribution in [0.5, 0.6) is 0 Å². The molecule has 1 aliphatic carbocycles. The van der Waals surface area contributed by atoms with Crippen LogP contribution in [0.3, 0.4) is 0 Å². The molecule has 4 nitrogen and oxygen atoms in total. The Morgan fingerprint density at radius 2 is 2.42 bits per heavy atom. The van der Waals surface area contributed by atoms with Crippen LogP contribution in [0.15, 0.2) is 24.5 Å². The molecule has 1 saturated heterocycles. The predicted octanol–water partition coefficient (Wildman–Crippen LogP) is 1.78. The first-order valence-corrected chi connectivity index (χ1v) is 7.49. The maximum Gasteiger partial charge on any atom is 0.261 e. The quantitative estimate of drug-likeness (QED) is 0.877. The number of aromatic nitrogens is 1. The zero-order valence-corrected chi connectivity index (χ0v) is 11.2. The minimum atomic E-state index is 0.0561. The van der Waals surface area contributed by atoms with Crippen molar-refractivity contribution < 1.29 is 4.79 Å². The number of piperidine rings is 1. The molecule has 3 unspecified atom stereocenters. The lowest BCUT2D eigenvalue weighted by molar-refractivity contribution is 0.0932. The average Bonchev–Trinajstić information content (AvgIpc) is 3.12. The molecule has 1 aliphatic heterocycles. The molecule has 2 aromatic heterocycles. The zero-order chi connectivity index (χ0) is 12.8. The molecule has 1 amide bonds. The molecule has 2 aliphatic rings. The summed E-state index contributed by atoms with van der Waals surface area (Å²) in [5.41, 5.74) is 0. The van der Waals surface area contributed by atoms with E-state index in [9.17, 15) is 4.79 Å². The van der Waals surface area contributed by atoms with Crippen molar-refractivity contribution in [3.05, 3.63) is 29.4 Å². The summed E-state index contributed by atoms with van der Waals surface area (Å²) in [5, 5.41) is 7.74. The van der Waals surface area contributed by atoms with Crippen LogP contribution < -0.4 is 10.6 Å². The number of carbonyl (C=O) groups is 1. The molecule has 19 heavy (non-hydrogen) atoms. The molecule has 2 N–H and O–H groups in total. The summed E-state index contributed by atoms with van der Waals surface area (Å²) in [6.45, 7) is 1.12. The van der Waals surface area contributed by atoms with Crippen molar-refractivity contribution >= 4 is 27.3 Å². The van der Waals surface area contributed by atoms with Gasteiger partial charge in [-0.15, -0.1) is 11.3 Å². The van der Waals surface area contributed by atoms with Crippen molar-refractivity contribution in [3.8, 4) is 0 Å². The van der Waals surface area contributed by atoms with Crippen LogP contribution in [0.25, 0.3) is 10.1 Å². The number of nitrogens with zero attached hydrogens (tertiary/aromatic N) is 1. The van der Waals surface area contributed by atoms with Crippen LogP contribution in [0.1, 0.15) is 22.5 Å². The summed E-state index contributed by atoms with van der Waals surface area (Å²) in [5.74, 6) is 0.808. The lowest BCUT2D eigenvalue weighted by Crippen LogP contribution is -2.47. The standard InChI is InChI=1S/C14H15N3OS/c18-14(17-11-4-8-3-10(11)16-6-8)12-5-9-1-2-15-7-13(9)19-12/h1-2,5,7-8,10-11,16H,3-4,6H2,(H,17,18). The number of thiophene rings is 1. The molecule has 0 aromatic carbocycles. The van der Waals surface area contributed by atoms with Crippen LogP contribution in [0.4, 0.5) is 0 Å². The highest BCUT2D eigenvalue weighted by Gasteiger charge is 2.40. The molecule has 2 fully saturated rings. The molecular weight excluding hydrogens is 258 g/mol. The number of hydrogen-bond donors (Lipinski definition) is 2. The molecule has 3 heterocycles. The molecule has 3 atom stereocenters. The third kappa shape index (κ3) is 1.93. The van der Waals surface area contributed by atoms with Gasteiger partial charge >= 0.3 is 0 Å². The summed E-state index contributed by atoms with van der Waals surface area (Å²) in [4.78, 5) is 17.2. The maximum atomic E-state index is 12.3. The normalized spacial score (nSPS) is 28.9. The summed E-state index contributed by atoms with van der Waals surface area (Å²) < 4.78 is 1.07. The summed E-state index contributed by atoms with van der Waals surface area (Å²) in [7, 11) is 0. The summed E-state index contributed by atoms with van der Waals surface area (Å²) in [6.07, 6.45) is 5.91. The third-order valence-corrected chi connectivity index (χ3v) is 5.28. The Morgan fingerprint density at radius 1 is 1.47 bits per heavy atom. The number of carbonyl (C=O) groups excluding carboxylic acids is 1. The Bertz CT molecular complexity index is 605. The van der Waals surface area contributed by atoms with E-state index < -0.39 is 0 Å². The van der Waals surface area contributed by atoms with E-state index in [1.807, 2.05) is 18.3 Å². The first-order chi connectivity index (χ1) is 9.29. The minimum Gasteiger partial charge on any atom is -0.347 e. The Kier molecular flexibility index (Phi) is 2.56. The van der Waals surface area contributed by atoms with Gasteiger partial charge in [0.05, 0.1) is 9.58 Å². The van der Waals surface area contributed by atoms with Gasteiger partial charge in [-0.3, -0.25) is 9.78 Å². The van der Waals surface area contributed by atoms with Crippen molar-refractivity contribution in [2.24, 2.45) is 5.92 Å². The molecular formula is C14H15N3OS. The lowest BCUT2D eigenvalue weighted by Gasteiger charge is -2.23. The van der Waals surface area contributed by atoms with E-state index in [2.05, 4.69) is 15.6 Å². The van der Waals surface area contributed by atoms with E-state index in [-0.39, 0.29) is 5.91 Å². The molecule has 1 saturated carbocycles. The number of nitrogens with one attached hydrogen (secondary N) is 2. The van der Waals surface area contributed by atoms with Crippen LogP contribution in [-0.2, 0) is 0 Å². The first kappa shape index (κ1) is 11.4. The van der Waals surface area contributed by atoms with E-state index >= 15 is 0 Å². The fourth-order valence-corrected chi connectivity index (χ4v) is 4.18. The number of hydrogen-bond acceptors (Lipinski definition) is 4. The van der Waals surface area contributed by atoms with Gasteiger partial charge in [0.2, 0.25) is 0 Å². The van der Waals surface area contributed by atoms with Gasteiger partial charge in [0.1, 0.15) is 0 Å². The highest BCUT2D eigenvalue weighted by atomic mass is 32.1. The van der Waals surface area contributed by atoms with Crippen LogP contribution >= 0.6 is 11.3 Å². The van der Waals surface area contributed by atoms with Gasteiger partial charge in [0.15, 0.2) is 0 Å². The van der Waals surface area contributed by atoms with Crippen LogP contribution in [0, 0.1) is 5.92 Å². The largest absolute Gasteiger partial charge is 0.347 e. The van der Waals surface area contributed by atoms with Gasteiger partial charge in [-0.25, -0.2) is 0 Å². The third-order valence-electron chi connectivity index (χ3n) is 4.19. The second-order valence-corrected chi connectivity index (χ2v) is 6.54. The number of pyridine rings is 1. The molecule has 2 aromatic rings. The van der Waals surface area contributed by atoms with Gasteiger partial charge in [0, 0.05) is 24.5 Å². The SMILES string of the molecule is O=C(NC1CC2CNC1C2)c1cc2ccncc2s1. The molecule has 98 valence electrons. The second-order valence-electron chi connectivity index (χ2n) is 5.46. The zero-order valence-electron chi connectivity index (χ0n) is 10.4. The minimum absolute atomic E-state index is 0.0561. The van der Waals surface area contributed by atoms with E-state index in [0.717, 1.165) is 33.8 Å². The Balaban J connectivity index is 1.53. The highest BCUT2D eigenvalue weighted by molar-refractivity contribution is 7.20. The fourth-order valence-electron chi connectivity index (χ4n) is 3.25. The second kappa shape index (κ2) is 4.28. The van der Waals surface area contributed by atoms with Gasteiger partial charge < -0.3 is 10.6 Å². The lowest BCUT2D eigenvalue weighted by atomic mass is 10.1. The number of rotatable bonds is 2. The van der Waals surface area contributed by atoms with Gasteiger partial charge in [-0.1, -0.05) is 0 Å².